The highest BCUT2D eigenvalue weighted by Crippen LogP contribution is 2.37. The standard InChI is InChI=1S/C16H21ClN2O2S/c1-10(14-3-2-7-21-14)18-16(20)19-13-6-8-22-15-5-4-11(17)9-12(13)15/h4-5,9-10,13-14H,2-3,6-8H2,1H3,(H2,18,19,20)/t10-,13-,14+/m0/s1. The second-order valence-electron chi connectivity index (χ2n) is 5.83. The van der Waals surface area contributed by atoms with E-state index in [1.807, 2.05) is 36.9 Å². The van der Waals surface area contributed by atoms with E-state index in [-0.39, 0.29) is 24.2 Å². The van der Waals surface area contributed by atoms with Crippen LogP contribution in [0.25, 0.3) is 0 Å². The Balaban J connectivity index is 1.61. The van der Waals surface area contributed by atoms with E-state index in [0.29, 0.717) is 5.02 Å². The van der Waals surface area contributed by atoms with Crippen LogP contribution in [0, 0.1) is 0 Å². The lowest BCUT2D eigenvalue weighted by atomic mass is 10.0. The van der Waals surface area contributed by atoms with Crippen molar-refractivity contribution in [3.63, 3.8) is 0 Å². The van der Waals surface area contributed by atoms with Gasteiger partial charge in [-0.05, 0) is 49.9 Å². The van der Waals surface area contributed by atoms with Gasteiger partial charge in [-0.25, -0.2) is 4.79 Å². The number of rotatable bonds is 3. The molecule has 6 heteroatoms. The first kappa shape index (κ1) is 16.0. The molecular formula is C16H21ClN2O2S. The fraction of sp³-hybridized carbons (Fsp3) is 0.562. The van der Waals surface area contributed by atoms with Crippen LogP contribution in [-0.2, 0) is 4.74 Å². The minimum absolute atomic E-state index is 0.0200. The van der Waals surface area contributed by atoms with Crippen molar-refractivity contribution in [1.82, 2.24) is 10.6 Å². The van der Waals surface area contributed by atoms with E-state index in [0.717, 1.165) is 37.2 Å². The molecule has 2 aliphatic rings. The van der Waals surface area contributed by atoms with E-state index >= 15 is 0 Å². The van der Waals surface area contributed by atoms with Crippen LogP contribution in [0.1, 0.15) is 37.8 Å². The molecule has 22 heavy (non-hydrogen) atoms. The zero-order chi connectivity index (χ0) is 15.5. The van der Waals surface area contributed by atoms with Crippen molar-refractivity contribution in [3.05, 3.63) is 28.8 Å². The molecule has 1 saturated heterocycles. The molecule has 0 aliphatic carbocycles. The predicted octanol–water partition coefficient (Wildman–Crippen LogP) is 3.74. The lowest BCUT2D eigenvalue weighted by molar-refractivity contribution is 0.0858. The summed E-state index contributed by atoms with van der Waals surface area (Å²) in [7, 11) is 0. The number of carbonyl (C=O) groups excluding carboxylic acids is 1. The van der Waals surface area contributed by atoms with Gasteiger partial charge < -0.3 is 15.4 Å². The van der Waals surface area contributed by atoms with Crippen LogP contribution >= 0.6 is 23.4 Å². The average molecular weight is 341 g/mol. The number of ether oxygens (including phenoxy) is 1. The molecule has 120 valence electrons. The molecule has 0 unspecified atom stereocenters. The predicted molar refractivity (Wildman–Crippen MR) is 89.6 cm³/mol. The van der Waals surface area contributed by atoms with Gasteiger partial charge in [-0.2, -0.15) is 0 Å². The Morgan fingerprint density at radius 3 is 3.09 bits per heavy atom. The molecule has 0 bridgehead atoms. The Kier molecular flexibility index (Phi) is 5.16. The maximum Gasteiger partial charge on any atom is 0.315 e. The van der Waals surface area contributed by atoms with Crippen LogP contribution in [-0.4, -0.2) is 30.5 Å². The van der Waals surface area contributed by atoms with Crippen molar-refractivity contribution >= 4 is 29.4 Å². The third-order valence-electron chi connectivity index (χ3n) is 4.20. The Bertz CT molecular complexity index is 549. The highest BCUT2D eigenvalue weighted by Gasteiger charge is 2.26. The van der Waals surface area contributed by atoms with Gasteiger partial charge >= 0.3 is 6.03 Å². The van der Waals surface area contributed by atoms with Crippen LogP contribution in [0.2, 0.25) is 5.02 Å². The number of thioether (sulfide) groups is 1. The average Bonchev–Trinajstić information content (AvgIpc) is 3.02. The monoisotopic (exact) mass is 340 g/mol. The summed E-state index contributed by atoms with van der Waals surface area (Å²) in [6.07, 6.45) is 3.14. The van der Waals surface area contributed by atoms with E-state index in [1.54, 1.807) is 0 Å². The first-order chi connectivity index (χ1) is 10.6. The highest BCUT2D eigenvalue weighted by molar-refractivity contribution is 7.99. The van der Waals surface area contributed by atoms with Crippen LogP contribution in [0.5, 0.6) is 0 Å². The molecule has 0 aromatic heterocycles. The van der Waals surface area contributed by atoms with E-state index in [4.69, 9.17) is 16.3 Å². The Labute approximate surface area is 140 Å². The maximum absolute atomic E-state index is 12.3. The molecule has 3 rings (SSSR count). The quantitative estimate of drug-likeness (QED) is 0.881. The molecule has 0 saturated carbocycles. The topological polar surface area (TPSA) is 50.4 Å². The van der Waals surface area contributed by atoms with Gasteiger partial charge in [0.2, 0.25) is 0 Å². The van der Waals surface area contributed by atoms with E-state index < -0.39 is 0 Å². The van der Waals surface area contributed by atoms with Gasteiger partial charge in [0.05, 0.1) is 18.2 Å². The van der Waals surface area contributed by atoms with E-state index in [2.05, 4.69) is 10.6 Å². The summed E-state index contributed by atoms with van der Waals surface area (Å²) in [5.74, 6) is 1.00. The molecule has 1 fully saturated rings. The van der Waals surface area contributed by atoms with Gasteiger partial charge in [-0.3, -0.25) is 0 Å². The molecule has 2 amide bonds. The number of fused-ring (bicyclic) bond motifs is 1. The summed E-state index contributed by atoms with van der Waals surface area (Å²) in [4.78, 5) is 13.5. The van der Waals surface area contributed by atoms with E-state index in [1.165, 1.54) is 4.90 Å². The van der Waals surface area contributed by atoms with Crippen LogP contribution < -0.4 is 10.6 Å². The van der Waals surface area contributed by atoms with Gasteiger partial charge in [-0.1, -0.05) is 11.6 Å². The zero-order valence-electron chi connectivity index (χ0n) is 12.6. The summed E-state index contributed by atoms with van der Waals surface area (Å²) in [6.45, 7) is 2.79. The lowest BCUT2D eigenvalue weighted by Crippen LogP contribution is -2.47. The Morgan fingerprint density at radius 2 is 2.32 bits per heavy atom. The number of halogens is 1. The zero-order valence-corrected chi connectivity index (χ0v) is 14.2. The normalized spacial score (nSPS) is 25.4. The molecule has 2 aliphatic heterocycles. The number of urea groups is 1. The smallest absolute Gasteiger partial charge is 0.315 e. The molecule has 2 N–H and O–H groups in total. The van der Waals surface area contributed by atoms with Gasteiger partial charge in [0.1, 0.15) is 0 Å². The minimum atomic E-state index is -0.133. The molecule has 2 heterocycles. The highest BCUT2D eigenvalue weighted by atomic mass is 35.5. The van der Waals surface area contributed by atoms with Crippen LogP contribution in [0.4, 0.5) is 4.79 Å². The second kappa shape index (κ2) is 7.11. The lowest BCUT2D eigenvalue weighted by Gasteiger charge is -2.27. The summed E-state index contributed by atoms with van der Waals surface area (Å²) < 4.78 is 5.61. The number of nitrogens with one attached hydrogen (secondary N) is 2. The van der Waals surface area contributed by atoms with Crippen molar-refractivity contribution in [2.24, 2.45) is 0 Å². The van der Waals surface area contributed by atoms with Crippen molar-refractivity contribution in [1.29, 1.82) is 0 Å². The van der Waals surface area contributed by atoms with E-state index in [9.17, 15) is 4.79 Å². The largest absolute Gasteiger partial charge is 0.376 e. The fourth-order valence-corrected chi connectivity index (χ4v) is 4.30. The van der Waals surface area contributed by atoms with Crippen molar-refractivity contribution in [2.75, 3.05) is 12.4 Å². The van der Waals surface area contributed by atoms with Crippen molar-refractivity contribution in [3.8, 4) is 0 Å². The fourth-order valence-electron chi connectivity index (χ4n) is 3.01. The van der Waals surface area contributed by atoms with Crippen molar-refractivity contribution in [2.45, 2.75) is 49.3 Å². The maximum atomic E-state index is 12.3. The second-order valence-corrected chi connectivity index (χ2v) is 7.40. The number of amides is 2. The molecule has 0 radical (unpaired) electrons. The third kappa shape index (κ3) is 3.70. The summed E-state index contributed by atoms with van der Waals surface area (Å²) in [6, 6.07) is 5.80. The molecule has 3 atom stereocenters. The molecular weight excluding hydrogens is 320 g/mol. The Morgan fingerprint density at radius 1 is 1.45 bits per heavy atom. The molecule has 1 aromatic carbocycles. The summed E-state index contributed by atoms with van der Waals surface area (Å²) in [5.41, 5.74) is 1.11. The molecule has 4 nitrogen and oxygen atoms in total. The molecule has 1 aromatic rings. The molecule has 0 spiro atoms. The van der Waals surface area contributed by atoms with Crippen LogP contribution in [0.15, 0.2) is 23.1 Å². The third-order valence-corrected chi connectivity index (χ3v) is 5.56. The first-order valence-corrected chi connectivity index (χ1v) is 9.11. The minimum Gasteiger partial charge on any atom is -0.376 e. The number of carbonyl (C=O) groups is 1. The van der Waals surface area contributed by atoms with Gasteiger partial charge in [-0.15, -0.1) is 11.8 Å². The summed E-state index contributed by atoms with van der Waals surface area (Å²) >= 11 is 7.91. The number of hydrogen-bond acceptors (Lipinski definition) is 3. The SMILES string of the molecule is C[C@H](NC(=O)N[C@H]1CCSc2ccc(Cl)cc21)[C@H]1CCCO1. The van der Waals surface area contributed by atoms with Gasteiger partial charge in [0.15, 0.2) is 0 Å². The number of benzene rings is 1. The van der Waals surface area contributed by atoms with Crippen LogP contribution in [0.3, 0.4) is 0 Å². The first-order valence-electron chi connectivity index (χ1n) is 7.74. The summed E-state index contributed by atoms with van der Waals surface area (Å²) in [5, 5.41) is 6.79. The van der Waals surface area contributed by atoms with Gasteiger partial charge in [0, 0.05) is 22.3 Å². The Hall–Kier alpha value is -0.910. The number of hydrogen-bond donors (Lipinski definition) is 2. The van der Waals surface area contributed by atoms with Crippen molar-refractivity contribution < 1.29 is 9.53 Å². The van der Waals surface area contributed by atoms with Gasteiger partial charge in [0.25, 0.3) is 0 Å².